The predicted molar refractivity (Wildman–Crippen MR) is 61.3 cm³/mol. The summed E-state index contributed by atoms with van der Waals surface area (Å²) in [6.45, 7) is 5.44. The van der Waals surface area contributed by atoms with E-state index in [-0.39, 0.29) is 11.5 Å². The van der Waals surface area contributed by atoms with Gasteiger partial charge in [-0.1, -0.05) is 0 Å². The molecule has 0 heterocycles. The van der Waals surface area contributed by atoms with Gasteiger partial charge >= 0.3 is 0 Å². The topological polar surface area (TPSA) is 55.5 Å². The number of phenolic OH excluding ortho intramolecular Hbond substituents is 1. The lowest BCUT2D eigenvalue weighted by molar-refractivity contribution is 0.345. The molecule has 0 saturated carbocycles. The largest absolute Gasteiger partial charge is 0.504 e. The van der Waals surface area contributed by atoms with E-state index in [0.29, 0.717) is 17.5 Å². The summed E-state index contributed by atoms with van der Waals surface area (Å²) >= 11 is 0. The van der Waals surface area contributed by atoms with E-state index in [1.54, 1.807) is 6.92 Å². The molecule has 0 aliphatic carbocycles. The van der Waals surface area contributed by atoms with Crippen molar-refractivity contribution >= 4 is 0 Å². The number of halogens is 1. The Labute approximate surface area is 95.0 Å². The van der Waals surface area contributed by atoms with Crippen molar-refractivity contribution in [1.82, 2.24) is 0 Å². The predicted octanol–water partition coefficient (Wildman–Crippen LogP) is 2.13. The monoisotopic (exact) mass is 227 g/mol. The highest BCUT2D eigenvalue weighted by Crippen LogP contribution is 2.36. The summed E-state index contributed by atoms with van der Waals surface area (Å²) in [5.41, 5.74) is 6.73. The van der Waals surface area contributed by atoms with Crippen LogP contribution in [-0.2, 0) is 6.42 Å². The van der Waals surface area contributed by atoms with Crippen molar-refractivity contribution in [3.05, 3.63) is 23.0 Å². The van der Waals surface area contributed by atoms with Crippen molar-refractivity contribution in [2.45, 2.75) is 32.7 Å². The van der Waals surface area contributed by atoms with Gasteiger partial charge < -0.3 is 15.6 Å². The molecular formula is C12H18FNO2. The Hall–Kier alpha value is -1.29. The zero-order valence-electron chi connectivity index (χ0n) is 10.1. The van der Waals surface area contributed by atoms with Crippen LogP contribution in [0.25, 0.3) is 0 Å². The van der Waals surface area contributed by atoms with Gasteiger partial charge in [0.1, 0.15) is 0 Å². The Balaban J connectivity index is 3.28. The Morgan fingerprint density at radius 3 is 2.50 bits per heavy atom. The van der Waals surface area contributed by atoms with E-state index in [2.05, 4.69) is 0 Å². The standard InChI is InChI=1S/C12H18FNO2/c1-7-5-9(13)11(16-4)10(15)8(7)6-12(2,3)14/h5,15H,6,14H2,1-4H3. The third kappa shape index (κ3) is 2.64. The number of aromatic hydroxyl groups is 1. The summed E-state index contributed by atoms with van der Waals surface area (Å²) in [7, 11) is 1.32. The van der Waals surface area contributed by atoms with Crippen molar-refractivity contribution in [1.29, 1.82) is 0 Å². The molecule has 3 N–H and O–H groups in total. The number of hydrogen-bond acceptors (Lipinski definition) is 3. The normalized spacial score (nSPS) is 11.6. The second-order valence-corrected chi connectivity index (χ2v) is 4.70. The summed E-state index contributed by atoms with van der Waals surface area (Å²) in [6.07, 6.45) is 0.460. The van der Waals surface area contributed by atoms with Gasteiger partial charge in [0.25, 0.3) is 0 Å². The van der Waals surface area contributed by atoms with Crippen LogP contribution in [0, 0.1) is 12.7 Å². The number of phenols is 1. The molecule has 0 fully saturated rings. The van der Waals surface area contributed by atoms with Crippen LogP contribution in [0.15, 0.2) is 6.07 Å². The number of benzene rings is 1. The summed E-state index contributed by atoms with van der Waals surface area (Å²) < 4.78 is 18.2. The van der Waals surface area contributed by atoms with Crippen molar-refractivity contribution in [2.24, 2.45) is 5.73 Å². The molecule has 0 amide bonds. The van der Waals surface area contributed by atoms with Crippen LogP contribution in [0.5, 0.6) is 11.5 Å². The molecule has 0 radical (unpaired) electrons. The highest BCUT2D eigenvalue weighted by molar-refractivity contribution is 5.51. The molecule has 0 aliphatic rings. The number of aryl methyl sites for hydroxylation is 1. The second-order valence-electron chi connectivity index (χ2n) is 4.70. The highest BCUT2D eigenvalue weighted by atomic mass is 19.1. The highest BCUT2D eigenvalue weighted by Gasteiger charge is 2.21. The van der Waals surface area contributed by atoms with Crippen LogP contribution in [0.1, 0.15) is 25.0 Å². The van der Waals surface area contributed by atoms with Crippen LogP contribution < -0.4 is 10.5 Å². The molecule has 1 aromatic carbocycles. The van der Waals surface area contributed by atoms with Crippen molar-refractivity contribution in [3.8, 4) is 11.5 Å². The summed E-state index contributed by atoms with van der Waals surface area (Å²) in [4.78, 5) is 0. The minimum absolute atomic E-state index is 0.121. The van der Waals surface area contributed by atoms with Gasteiger partial charge in [0.2, 0.25) is 0 Å². The average molecular weight is 227 g/mol. The van der Waals surface area contributed by atoms with E-state index in [9.17, 15) is 9.50 Å². The molecule has 4 heteroatoms. The zero-order valence-corrected chi connectivity index (χ0v) is 10.1. The van der Waals surface area contributed by atoms with Gasteiger partial charge in [-0.05, 0) is 38.8 Å². The maximum absolute atomic E-state index is 13.4. The minimum Gasteiger partial charge on any atom is -0.504 e. The van der Waals surface area contributed by atoms with Gasteiger partial charge in [-0.15, -0.1) is 0 Å². The number of rotatable bonds is 3. The van der Waals surface area contributed by atoms with E-state index in [1.165, 1.54) is 13.2 Å². The fraction of sp³-hybridized carbons (Fsp3) is 0.500. The fourth-order valence-electron chi connectivity index (χ4n) is 1.65. The molecule has 3 nitrogen and oxygen atoms in total. The van der Waals surface area contributed by atoms with Gasteiger partial charge in [0, 0.05) is 11.1 Å². The smallest absolute Gasteiger partial charge is 0.196 e. The molecule has 0 spiro atoms. The average Bonchev–Trinajstić information content (AvgIpc) is 2.11. The molecule has 1 rings (SSSR count). The van der Waals surface area contributed by atoms with Crippen LogP contribution in [0.4, 0.5) is 4.39 Å². The Kier molecular flexibility index (Phi) is 3.43. The van der Waals surface area contributed by atoms with Crippen molar-refractivity contribution < 1.29 is 14.2 Å². The third-order valence-corrected chi connectivity index (χ3v) is 2.37. The maximum Gasteiger partial charge on any atom is 0.196 e. The second kappa shape index (κ2) is 4.29. The molecule has 0 aromatic heterocycles. The van der Waals surface area contributed by atoms with E-state index in [4.69, 9.17) is 10.5 Å². The van der Waals surface area contributed by atoms with Crippen LogP contribution in [0.2, 0.25) is 0 Å². The number of hydrogen-bond donors (Lipinski definition) is 2. The van der Waals surface area contributed by atoms with Crippen LogP contribution in [0.3, 0.4) is 0 Å². The molecule has 0 aliphatic heterocycles. The van der Waals surface area contributed by atoms with Gasteiger partial charge in [-0.2, -0.15) is 0 Å². The first-order chi connectivity index (χ1) is 7.26. The maximum atomic E-state index is 13.4. The van der Waals surface area contributed by atoms with E-state index in [0.717, 1.165) is 0 Å². The van der Waals surface area contributed by atoms with E-state index >= 15 is 0 Å². The zero-order chi connectivity index (χ0) is 12.5. The number of nitrogens with two attached hydrogens (primary N) is 1. The van der Waals surface area contributed by atoms with Crippen LogP contribution in [-0.4, -0.2) is 17.8 Å². The lowest BCUT2D eigenvalue weighted by Gasteiger charge is -2.21. The Morgan fingerprint density at radius 1 is 1.50 bits per heavy atom. The van der Waals surface area contributed by atoms with Gasteiger partial charge in [-0.3, -0.25) is 0 Å². The Morgan fingerprint density at radius 2 is 2.06 bits per heavy atom. The number of methoxy groups -OCH3 is 1. The molecule has 0 bridgehead atoms. The molecule has 0 unspecified atom stereocenters. The van der Waals surface area contributed by atoms with Gasteiger partial charge in [0.15, 0.2) is 17.3 Å². The molecule has 1 aromatic rings. The van der Waals surface area contributed by atoms with Gasteiger partial charge in [-0.25, -0.2) is 4.39 Å². The van der Waals surface area contributed by atoms with Gasteiger partial charge in [0.05, 0.1) is 7.11 Å². The molecule has 90 valence electrons. The third-order valence-electron chi connectivity index (χ3n) is 2.37. The molecule has 16 heavy (non-hydrogen) atoms. The molecule has 0 saturated heterocycles. The summed E-state index contributed by atoms with van der Waals surface area (Å²) in [5, 5.41) is 9.89. The summed E-state index contributed by atoms with van der Waals surface area (Å²) in [5.74, 6) is -0.834. The first kappa shape index (κ1) is 12.8. The quantitative estimate of drug-likeness (QED) is 0.831. The van der Waals surface area contributed by atoms with Crippen molar-refractivity contribution in [2.75, 3.05) is 7.11 Å². The number of ether oxygens (including phenoxy) is 1. The Bertz CT molecular complexity index is 397. The molecular weight excluding hydrogens is 209 g/mol. The molecule has 0 atom stereocenters. The SMILES string of the molecule is COc1c(F)cc(C)c(CC(C)(C)N)c1O. The first-order valence-corrected chi connectivity index (χ1v) is 5.10. The fourth-order valence-corrected chi connectivity index (χ4v) is 1.65. The minimum atomic E-state index is -0.559. The van der Waals surface area contributed by atoms with Crippen molar-refractivity contribution in [3.63, 3.8) is 0 Å². The summed E-state index contributed by atoms with van der Waals surface area (Å²) in [6, 6.07) is 1.35. The van der Waals surface area contributed by atoms with E-state index in [1.807, 2.05) is 13.8 Å². The lowest BCUT2D eigenvalue weighted by atomic mass is 9.92. The van der Waals surface area contributed by atoms with E-state index < -0.39 is 11.4 Å². The first-order valence-electron chi connectivity index (χ1n) is 5.10. The lowest BCUT2D eigenvalue weighted by Crippen LogP contribution is -2.34. The van der Waals surface area contributed by atoms with Crippen LogP contribution >= 0.6 is 0 Å².